The molecule has 2 rings (SSSR count). The van der Waals surface area contributed by atoms with Crippen LogP contribution in [0.2, 0.25) is 0 Å². The molecule has 0 aliphatic carbocycles. The molecule has 1 aromatic carbocycles. The molecular formula is C11H9N3O3S. The predicted octanol–water partition coefficient (Wildman–Crippen LogP) is 1.27. The normalized spacial score (nSPS) is 10.0. The highest BCUT2D eigenvalue weighted by Gasteiger charge is 2.22. The Hall–Kier alpha value is -2.28. The summed E-state index contributed by atoms with van der Waals surface area (Å²) in [6, 6.07) is 8.59. The zero-order valence-electron chi connectivity index (χ0n) is 9.18. The summed E-state index contributed by atoms with van der Waals surface area (Å²) in [5.74, 6) is -1.56. The Morgan fingerprint density at radius 3 is 2.56 bits per heavy atom. The van der Waals surface area contributed by atoms with Gasteiger partial charge in [-0.1, -0.05) is 22.7 Å². The van der Waals surface area contributed by atoms with Crippen LogP contribution in [0.25, 0.3) is 0 Å². The number of nitrogens with zero attached hydrogens (tertiary/aromatic N) is 3. The maximum atomic E-state index is 12.1. The average Bonchev–Trinajstić information content (AvgIpc) is 2.90. The Kier molecular flexibility index (Phi) is 3.63. The van der Waals surface area contributed by atoms with Crippen molar-refractivity contribution in [2.24, 2.45) is 0 Å². The first-order chi connectivity index (χ1) is 8.68. The van der Waals surface area contributed by atoms with Crippen molar-refractivity contribution in [1.29, 1.82) is 0 Å². The van der Waals surface area contributed by atoms with Gasteiger partial charge in [0.25, 0.3) is 5.91 Å². The molecule has 0 radical (unpaired) electrons. The van der Waals surface area contributed by atoms with E-state index < -0.39 is 18.4 Å². The maximum Gasteiger partial charge on any atom is 0.323 e. The Balaban J connectivity index is 2.31. The molecule has 0 saturated heterocycles. The fourth-order valence-corrected chi connectivity index (χ4v) is 1.85. The first-order valence-corrected chi connectivity index (χ1v) is 5.88. The number of anilines is 1. The molecule has 2 aromatic rings. The van der Waals surface area contributed by atoms with Gasteiger partial charge in [0.15, 0.2) is 5.69 Å². The second-order valence-corrected chi connectivity index (χ2v) is 4.02. The van der Waals surface area contributed by atoms with Crippen molar-refractivity contribution in [3.05, 3.63) is 41.4 Å². The van der Waals surface area contributed by atoms with Gasteiger partial charge in [-0.25, -0.2) is 0 Å². The maximum absolute atomic E-state index is 12.1. The van der Waals surface area contributed by atoms with Gasteiger partial charge >= 0.3 is 5.97 Å². The van der Waals surface area contributed by atoms with Crippen LogP contribution >= 0.6 is 11.5 Å². The third-order valence-electron chi connectivity index (χ3n) is 2.19. The molecule has 0 bridgehead atoms. The molecule has 0 saturated carbocycles. The van der Waals surface area contributed by atoms with Crippen LogP contribution in [0.3, 0.4) is 0 Å². The molecule has 0 aliphatic heterocycles. The molecule has 0 unspecified atom stereocenters. The first kappa shape index (κ1) is 12.2. The van der Waals surface area contributed by atoms with Crippen molar-refractivity contribution >= 4 is 29.1 Å². The quantitative estimate of drug-likeness (QED) is 0.898. The van der Waals surface area contributed by atoms with Gasteiger partial charge in [-0.15, -0.1) is 5.10 Å². The third kappa shape index (κ3) is 2.69. The minimum Gasteiger partial charge on any atom is -0.480 e. The minimum absolute atomic E-state index is 0.144. The summed E-state index contributed by atoms with van der Waals surface area (Å²) >= 11 is 1.04. The summed E-state index contributed by atoms with van der Waals surface area (Å²) < 4.78 is 3.60. The van der Waals surface area contributed by atoms with E-state index in [0.717, 1.165) is 16.4 Å². The molecule has 1 aromatic heterocycles. The van der Waals surface area contributed by atoms with Crippen LogP contribution in [0.1, 0.15) is 10.5 Å². The van der Waals surface area contributed by atoms with Crippen LogP contribution in [0.15, 0.2) is 35.7 Å². The fourth-order valence-electron chi connectivity index (χ4n) is 1.42. The van der Waals surface area contributed by atoms with Crippen molar-refractivity contribution in [2.45, 2.75) is 0 Å². The van der Waals surface area contributed by atoms with E-state index in [2.05, 4.69) is 9.59 Å². The van der Waals surface area contributed by atoms with Gasteiger partial charge in [0.1, 0.15) is 6.54 Å². The molecule has 0 fully saturated rings. The smallest absolute Gasteiger partial charge is 0.323 e. The minimum atomic E-state index is -1.09. The standard InChI is InChI=1S/C11H9N3O3S/c15-10(16)6-14(8-4-2-1-3-5-8)11(17)9-7-18-13-12-9/h1-5,7H,6H2,(H,15,16). The predicted molar refractivity (Wildman–Crippen MR) is 65.7 cm³/mol. The van der Waals surface area contributed by atoms with E-state index in [1.807, 2.05) is 0 Å². The van der Waals surface area contributed by atoms with Gasteiger partial charge in [-0.05, 0) is 23.7 Å². The second kappa shape index (κ2) is 5.37. The van der Waals surface area contributed by atoms with Crippen LogP contribution in [-0.2, 0) is 4.79 Å². The van der Waals surface area contributed by atoms with E-state index in [1.54, 1.807) is 30.3 Å². The largest absolute Gasteiger partial charge is 0.480 e. The van der Waals surface area contributed by atoms with Crippen molar-refractivity contribution in [3.8, 4) is 0 Å². The number of carboxylic acids is 1. The van der Waals surface area contributed by atoms with Crippen molar-refractivity contribution < 1.29 is 14.7 Å². The number of hydrogen-bond acceptors (Lipinski definition) is 5. The van der Waals surface area contributed by atoms with Gasteiger partial charge in [0.2, 0.25) is 0 Å². The molecule has 0 atom stereocenters. The summed E-state index contributed by atoms with van der Waals surface area (Å²) in [6.07, 6.45) is 0. The van der Waals surface area contributed by atoms with Crippen LogP contribution in [0.5, 0.6) is 0 Å². The molecule has 7 heteroatoms. The number of carboxylic acid groups (broad SMARTS) is 1. The van der Waals surface area contributed by atoms with E-state index in [-0.39, 0.29) is 5.69 Å². The summed E-state index contributed by atoms with van der Waals surface area (Å²) in [5.41, 5.74) is 0.656. The van der Waals surface area contributed by atoms with Gasteiger partial charge in [0.05, 0.1) is 0 Å². The number of rotatable bonds is 4. The number of aromatic nitrogens is 2. The van der Waals surface area contributed by atoms with Crippen LogP contribution in [-0.4, -0.2) is 33.1 Å². The number of para-hydroxylation sites is 1. The molecule has 0 aliphatic rings. The third-order valence-corrected chi connectivity index (χ3v) is 2.69. The molecular weight excluding hydrogens is 254 g/mol. The zero-order valence-corrected chi connectivity index (χ0v) is 10.0. The fraction of sp³-hybridized carbons (Fsp3) is 0.0909. The van der Waals surface area contributed by atoms with E-state index in [9.17, 15) is 9.59 Å². The van der Waals surface area contributed by atoms with Crippen molar-refractivity contribution in [3.63, 3.8) is 0 Å². The summed E-state index contributed by atoms with van der Waals surface area (Å²) in [7, 11) is 0. The number of aliphatic carboxylic acids is 1. The lowest BCUT2D eigenvalue weighted by atomic mass is 10.2. The highest BCUT2D eigenvalue weighted by molar-refractivity contribution is 7.03. The lowest BCUT2D eigenvalue weighted by molar-refractivity contribution is -0.135. The molecule has 18 heavy (non-hydrogen) atoms. The Labute approximate surface area is 107 Å². The first-order valence-electron chi connectivity index (χ1n) is 5.04. The average molecular weight is 263 g/mol. The number of hydrogen-bond donors (Lipinski definition) is 1. The summed E-state index contributed by atoms with van der Waals surface area (Å²) in [4.78, 5) is 24.1. The number of carbonyl (C=O) groups is 2. The Morgan fingerprint density at radius 1 is 1.28 bits per heavy atom. The van der Waals surface area contributed by atoms with Gasteiger partial charge in [-0.2, -0.15) is 0 Å². The summed E-state index contributed by atoms with van der Waals surface area (Å²) in [6.45, 7) is -0.416. The van der Waals surface area contributed by atoms with Crippen LogP contribution in [0.4, 0.5) is 5.69 Å². The van der Waals surface area contributed by atoms with Crippen LogP contribution in [0, 0.1) is 0 Å². The highest BCUT2D eigenvalue weighted by Crippen LogP contribution is 2.16. The number of carbonyl (C=O) groups excluding carboxylic acids is 1. The van der Waals surface area contributed by atoms with Gasteiger partial charge in [0, 0.05) is 11.1 Å². The van der Waals surface area contributed by atoms with E-state index in [1.165, 1.54) is 5.38 Å². The number of amides is 1. The van der Waals surface area contributed by atoms with Crippen molar-refractivity contribution in [1.82, 2.24) is 9.59 Å². The molecule has 6 nitrogen and oxygen atoms in total. The Morgan fingerprint density at radius 2 is 2.00 bits per heavy atom. The molecule has 92 valence electrons. The SMILES string of the molecule is O=C(O)CN(C(=O)c1csnn1)c1ccccc1. The van der Waals surface area contributed by atoms with Gasteiger partial charge in [-0.3, -0.25) is 14.5 Å². The zero-order chi connectivity index (χ0) is 13.0. The highest BCUT2D eigenvalue weighted by atomic mass is 32.1. The van der Waals surface area contributed by atoms with E-state index in [0.29, 0.717) is 5.69 Å². The molecule has 1 N–H and O–H groups in total. The van der Waals surface area contributed by atoms with E-state index in [4.69, 9.17) is 5.11 Å². The molecule has 1 amide bonds. The van der Waals surface area contributed by atoms with E-state index >= 15 is 0 Å². The Bertz CT molecular complexity index is 542. The molecule has 1 heterocycles. The lowest BCUT2D eigenvalue weighted by Gasteiger charge is -2.19. The molecule has 0 spiro atoms. The lowest BCUT2D eigenvalue weighted by Crippen LogP contribution is -2.35. The van der Waals surface area contributed by atoms with Crippen molar-refractivity contribution in [2.75, 3.05) is 11.4 Å². The van der Waals surface area contributed by atoms with Gasteiger partial charge < -0.3 is 5.11 Å². The van der Waals surface area contributed by atoms with Crippen LogP contribution < -0.4 is 4.90 Å². The topological polar surface area (TPSA) is 83.4 Å². The number of benzene rings is 1. The monoisotopic (exact) mass is 263 g/mol. The second-order valence-electron chi connectivity index (χ2n) is 3.41. The summed E-state index contributed by atoms with van der Waals surface area (Å²) in [5, 5.41) is 14.0.